The van der Waals surface area contributed by atoms with Crippen molar-refractivity contribution in [2.75, 3.05) is 7.11 Å². The molecule has 0 aliphatic heterocycles. The first-order chi connectivity index (χ1) is 11.2. The van der Waals surface area contributed by atoms with Crippen LogP contribution in [0.5, 0.6) is 11.5 Å². The molecule has 3 rings (SSSR count). The highest BCUT2D eigenvalue weighted by molar-refractivity contribution is 5.80. The average Bonchev–Trinajstić information content (AvgIpc) is 3.39. The summed E-state index contributed by atoms with van der Waals surface area (Å²) in [5, 5.41) is 9.88. The van der Waals surface area contributed by atoms with Crippen molar-refractivity contribution < 1.29 is 14.6 Å². The van der Waals surface area contributed by atoms with Crippen molar-refractivity contribution in [1.82, 2.24) is 4.90 Å². The van der Waals surface area contributed by atoms with Gasteiger partial charge in [-0.2, -0.15) is 0 Å². The van der Waals surface area contributed by atoms with Gasteiger partial charge in [0.1, 0.15) is 11.5 Å². The largest absolute Gasteiger partial charge is 0.508 e. The second-order valence-electron chi connectivity index (χ2n) is 5.87. The van der Waals surface area contributed by atoms with E-state index in [1.165, 1.54) is 0 Å². The van der Waals surface area contributed by atoms with Crippen molar-refractivity contribution in [1.29, 1.82) is 0 Å². The Morgan fingerprint density at radius 2 is 1.78 bits per heavy atom. The minimum Gasteiger partial charge on any atom is -0.508 e. The third-order valence-electron chi connectivity index (χ3n) is 4.17. The van der Waals surface area contributed by atoms with Gasteiger partial charge in [-0.1, -0.05) is 36.4 Å². The molecule has 2 aromatic carbocycles. The number of para-hydroxylation sites is 2. The number of carbonyl (C=O) groups excluding carboxylic acids is 1. The van der Waals surface area contributed by atoms with Gasteiger partial charge in [-0.3, -0.25) is 4.79 Å². The summed E-state index contributed by atoms with van der Waals surface area (Å²) in [6.07, 6.45) is 2.31. The third kappa shape index (κ3) is 3.65. The lowest BCUT2D eigenvalue weighted by Gasteiger charge is -2.24. The molecule has 0 heterocycles. The van der Waals surface area contributed by atoms with Crippen LogP contribution in [0.1, 0.15) is 24.0 Å². The van der Waals surface area contributed by atoms with Crippen LogP contribution in [0.15, 0.2) is 48.5 Å². The van der Waals surface area contributed by atoms with Gasteiger partial charge in [0.15, 0.2) is 0 Å². The van der Waals surface area contributed by atoms with Gasteiger partial charge in [0.25, 0.3) is 0 Å². The minimum atomic E-state index is 0.0416. The second-order valence-corrected chi connectivity index (χ2v) is 5.87. The first-order valence-electron chi connectivity index (χ1n) is 7.87. The van der Waals surface area contributed by atoms with Gasteiger partial charge in [-0.05, 0) is 25.0 Å². The summed E-state index contributed by atoms with van der Waals surface area (Å²) in [5.74, 6) is 1.02. The quantitative estimate of drug-likeness (QED) is 0.891. The van der Waals surface area contributed by atoms with E-state index in [-0.39, 0.29) is 18.1 Å². The molecule has 1 amide bonds. The fourth-order valence-corrected chi connectivity index (χ4v) is 2.75. The highest BCUT2D eigenvalue weighted by Crippen LogP contribution is 2.31. The fraction of sp³-hybridized carbons (Fsp3) is 0.316. The second kappa shape index (κ2) is 6.73. The molecule has 4 heteroatoms. The molecule has 0 unspecified atom stereocenters. The Balaban J connectivity index is 1.76. The van der Waals surface area contributed by atoms with E-state index in [0.29, 0.717) is 18.2 Å². The van der Waals surface area contributed by atoms with Gasteiger partial charge < -0.3 is 14.7 Å². The van der Waals surface area contributed by atoms with Crippen LogP contribution >= 0.6 is 0 Å². The highest BCUT2D eigenvalue weighted by atomic mass is 16.5. The Morgan fingerprint density at radius 3 is 2.43 bits per heavy atom. The normalized spacial score (nSPS) is 13.6. The SMILES string of the molecule is COc1ccccc1CN(C(=O)Cc1ccccc1O)C1CC1. The lowest BCUT2D eigenvalue weighted by Crippen LogP contribution is -2.34. The lowest BCUT2D eigenvalue weighted by atomic mass is 10.1. The molecule has 0 saturated heterocycles. The van der Waals surface area contributed by atoms with Crippen LogP contribution < -0.4 is 4.74 Å². The molecule has 1 saturated carbocycles. The zero-order chi connectivity index (χ0) is 16.2. The van der Waals surface area contributed by atoms with Gasteiger partial charge in [-0.25, -0.2) is 0 Å². The van der Waals surface area contributed by atoms with Crippen molar-refractivity contribution in [3.05, 3.63) is 59.7 Å². The predicted molar refractivity (Wildman–Crippen MR) is 88.4 cm³/mol. The van der Waals surface area contributed by atoms with E-state index in [4.69, 9.17) is 4.74 Å². The maximum atomic E-state index is 12.7. The van der Waals surface area contributed by atoms with Crippen LogP contribution in [0, 0.1) is 0 Å². The first-order valence-corrected chi connectivity index (χ1v) is 7.87. The molecular formula is C19H21NO3. The van der Waals surface area contributed by atoms with Crippen LogP contribution in [0.25, 0.3) is 0 Å². The van der Waals surface area contributed by atoms with E-state index in [9.17, 15) is 9.90 Å². The van der Waals surface area contributed by atoms with Crippen molar-refractivity contribution >= 4 is 5.91 Å². The molecule has 1 N–H and O–H groups in total. The topological polar surface area (TPSA) is 49.8 Å². The first kappa shape index (κ1) is 15.4. The molecule has 1 fully saturated rings. The van der Waals surface area contributed by atoms with Crippen molar-refractivity contribution in [2.45, 2.75) is 31.8 Å². The number of ether oxygens (including phenoxy) is 1. The fourth-order valence-electron chi connectivity index (χ4n) is 2.75. The Hall–Kier alpha value is -2.49. The molecule has 0 atom stereocenters. The molecule has 0 spiro atoms. The smallest absolute Gasteiger partial charge is 0.227 e. The van der Waals surface area contributed by atoms with E-state index in [2.05, 4.69) is 0 Å². The summed E-state index contributed by atoms with van der Waals surface area (Å²) in [5.41, 5.74) is 1.68. The van der Waals surface area contributed by atoms with E-state index in [1.54, 1.807) is 25.3 Å². The zero-order valence-corrected chi connectivity index (χ0v) is 13.2. The molecule has 4 nitrogen and oxygen atoms in total. The predicted octanol–water partition coefficient (Wildman–Crippen LogP) is 3.13. The number of phenols is 1. The summed E-state index contributed by atoms with van der Waals surface area (Å²) in [7, 11) is 1.64. The summed E-state index contributed by atoms with van der Waals surface area (Å²) < 4.78 is 5.39. The van der Waals surface area contributed by atoms with Crippen molar-refractivity contribution in [3.63, 3.8) is 0 Å². The van der Waals surface area contributed by atoms with Crippen molar-refractivity contribution in [3.8, 4) is 11.5 Å². The molecule has 23 heavy (non-hydrogen) atoms. The van der Waals surface area contributed by atoms with Crippen molar-refractivity contribution in [2.24, 2.45) is 0 Å². The van der Waals surface area contributed by atoms with Gasteiger partial charge in [0.2, 0.25) is 5.91 Å². The number of methoxy groups -OCH3 is 1. The Morgan fingerprint density at radius 1 is 1.13 bits per heavy atom. The van der Waals surface area contributed by atoms with Crippen LogP contribution in [0.2, 0.25) is 0 Å². The van der Waals surface area contributed by atoms with Crippen LogP contribution in [0.3, 0.4) is 0 Å². The Bertz CT molecular complexity index is 695. The number of aromatic hydroxyl groups is 1. The number of phenolic OH excluding ortho intramolecular Hbond substituents is 1. The highest BCUT2D eigenvalue weighted by Gasteiger charge is 2.33. The van der Waals surface area contributed by atoms with Gasteiger partial charge in [0.05, 0.1) is 13.5 Å². The maximum absolute atomic E-state index is 12.7. The summed E-state index contributed by atoms with van der Waals surface area (Å²) in [6, 6.07) is 15.1. The zero-order valence-electron chi connectivity index (χ0n) is 13.2. The van der Waals surface area contributed by atoms with E-state index < -0.39 is 0 Å². The molecule has 0 bridgehead atoms. The average molecular weight is 311 g/mol. The van der Waals surface area contributed by atoms with Gasteiger partial charge in [-0.15, -0.1) is 0 Å². The molecule has 2 aromatic rings. The standard InChI is InChI=1S/C19H21NO3/c1-23-18-9-5-3-7-15(18)13-20(16-10-11-16)19(22)12-14-6-2-4-8-17(14)21/h2-9,16,21H,10-13H2,1H3. The van der Waals surface area contributed by atoms with E-state index >= 15 is 0 Å². The molecule has 1 aliphatic carbocycles. The summed E-state index contributed by atoms with van der Waals surface area (Å²) in [6.45, 7) is 0.543. The number of hydrogen-bond acceptors (Lipinski definition) is 3. The van der Waals surface area contributed by atoms with Gasteiger partial charge in [0, 0.05) is 23.7 Å². The molecule has 120 valence electrons. The molecule has 0 radical (unpaired) electrons. The van der Waals surface area contributed by atoms with Gasteiger partial charge >= 0.3 is 0 Å². The number of amides is 1. The number of nitrogens with zero attached hydrogens (tertiary/aromatic N) is 1. The monoisotopic (exact) mass is 311 g/mol. The minimum absolute atomic E-state index is 0.0416. The molecular weight excluding hydrogens is 290 g/mol. The van der Waals surface area contributed by atoms with E-state index in [0.717, 1.165) is 24.2 Å². The molecule has 1 aliphatic rings. The van der Waals surface area contributed by atoms with Crippen LogP contribution in [0.4, 0.5) is 0 Å². The van der Waals surface area contributed by atoms with Crippen LogP contribution in [-0.4, -0.2) is 29.1 Å². The number of rotatable bonds is 6. The number of carbonyl (C=O) groups is 1. The van der Waals surface area contributed by atoms with Crippen LogP contribution in [-0.2, 0) is 17.8 Å². The Labute approximate surface area is 136 Å². The van der Waals surface area contributed by atoms with E-state index in [1.807, 2.05) is 35.2 Å². The number of benzene rings is 2. The number of hydrogen-bond donors (Lipinski definition) is 1. The summed E-state index contributed by atoms with van der Waals surface area (Å²) in [4.78, 5) is 14.6. The molecule has 0 aromatic heterocycles. The third-order valence-corrected chi connectivity index (χ3v) is 4.17. The summed E-state index contributed by atoms with van der Waals surface area (Å²) >= 11 is 0. The maximum Gasteiger partial charge on any atom is 0.227 e. The lowest BCUT2D eigenvalue weighted by molar-refractivity contribution is -0.131. The Kier molecular flexibility index (Phi) is 4.51.